The van der Waals surface area contributed by atoms with Gasteiger partial charge in [-0.15, -0.1) is 0 Å². The van der Waals surface area contributed by atoms with Gasteiger partial charge >= 0.3 is 6.18 Å². The van der Waals surface area contributed by atoms with E-state index >= 15 is 0 Å². The van der Waals surface area contributed by atoms with E-state index < -0.39 is 22.8 Å². The molecule has 0 aliphatic heterocycles. The van der Waals surface area contributed by atoms with Crippen molar-refractivity contribution in [2.45, 2.75) is 6.18 Å². The van der Waals surface area contributed by atoms with Gasteiger partial charge in [-0.05, 0) is 12.1 Å². The van der Waals surface area contributed by atoms with E-state index in [0.717, 1.165) is 4.68 Å². The molecular weight excluding hydrogens is 330 g/mol. The fraction of sp³-hybridized carbons (Fsp3) is 0.167. The van der Waals surface area contributed by atoms with Gasteiger partial charge in [-0.2, -0.15) is 18.3 Å². The highest BCUT2D eigenvalue weighted by Crippen LogP contribution is 2.37. The summed E-state index contributed by atoms with van der Waals surface area (Å²) < 4.78 is 38.9. The summed E-state index contributed by atoms with van der Waals surface area (Å²) in [5.41, 5.74) is -1.15. The number of nitrogens with one attached hydrogen (secondary N) is 1. The van der Waals surface area contributed by atoms with E-state index in [0.29, 0.717) is 0 Å². The van der Waals surface area contributed by atoms with Gasteiger partial charge in [0, 0.05) is 7.05 Å². The Morgan fingerprint density at radius 2 is 1.90 bits per heavy atom. The number of nitrogens with zero attached hydrogens (tertiary/aromatic N) is 2. The molecule has 0 aliphatic rings. The maximum atomic E-state index is 12.7. The van der Waals surface area contributed by atoms with Crippen LogP contribution in [-0.2, 0) is 13.2 Å². The molecule has 1 N–H and O–H groups in total. The first-order valence-corrected chi connectivity index (χ1v) is 6.33. The molecule has 4 nitrogen and oxygen atoms in total. The van der Waals surface area contributed by atoms with Gasteiger partial charge in [-0.3, -0.25) is 9.48 Å². The van der Waals surface area contributed by atoms with Crippen LogP contribution in [0.25, 0.3) is 0 Å². The Hall–Kier alpha value is -1.73. The highest BCUT2D eigenvalue weighted by Gasteiger charge is 2.38. The van der Waals surface area contributed by atoms with Crippen LogP contribution in [0.2, 0.25) is 10.0 Å². The van der Waals surface area contributed by atoms with Gasteiger partial charge in [0.05, 0.1) is 10.6 Å². The molecule has 1 heterocycles. The molecule has 1 amide bonds. The zero-order valence-corrected chi connectivity index (χ0v) is 12.0. The van der Waals surface area contributed by atoms with Crippen LogP contribution in [0.1, 0.15) is 16.1 Å². The van der Waals surface area contributed by atoms with E-state index in [2.05, 4.69) is 10.4 Å². The summed E-state index contributed by atoms with van der Waals surface area (Å²) in [7, 11) is 1.24. The fourth-order valence-corrected chi connectivity index (χ4v) is 2.17. The second-order valence-electron chi connectivity index (χ2n) is 4.07. The minimum atomic E-state index is -4.71. The van der Waals surface area contributed by atoms with Crippen molar-refractivity contribution < 1.29 is 18.0 Å². The molecular formula is C12H8Cl2F3N3O. The molecule has 1 aromatic carbocycles. The number of carbonyl (C=O) groups is 1. The van der Waals surface area contributed by atoms with Gasteiger partial charge in [-0.1, -0.05) is 35.3 Å². The van der Waals surface area contributed by atoms with Crippen LogP contribution < -0.4 is 5.32 Å². The number of halogens is 5. The second kappa shape index (κ2) is 5.57. The zero-order chi connectivity index (χ0) is 15.8. The summed E-state index contributed by atoms with van der Waals surface area (Å²) >= 11 is 11.5. The lowest BCUT2D eigenvalue weighted by Gasteiger charge is -2.07. The van der Waals surface area contributed by atoms with E-state index in [1.165, 1.54) is 19.2 Å². The van der Waals surface area contributed by atoms with Crippen LogP contribution in [0, 0.1) is 0 Å². The molecule has 0 aliphatic carbocycles. The average molecular weight is 338 g/mol. The van der Waals surface area contributed by atoms with Crippen molar-refractivity contribution in [2.24, 2.45) is 7.05 Å². The Kier molecular flexibility index (Phi) is 4.15. The molecule has 2 aromatic rings. The summed E-state index contributed by atoms with van der Waals surface area (Å²) in [6, 6.07) is 6.12. The van der Waals surface area contributed by atoms with Crippen molar-refractivity contribution in [3.8, 4) is 0 Å². The molecule has 0 saturated heterocycles. The number of rotatable bonds is 2. The molecule has 0 fully saturated rings. The van der Waals surface area contributed by atoms with Crippen LogP contribution >= 0.6 is 23.2 Å². The van der Waals surface area contributed by atoms with Gasteiger partial charge in [0.15, 0.2) is 11.5 Å². The Balaban J connectivity index is 2.35. The first-order valence-electron chi connectivity index (χ1n) is 5.57. The van der Waals surface area contributed by atoms with Crippen LogP contribution in [0.3, 0.4) is 0 Å². The quantitative estimate of drug-likeness (QED) is 0.900. The number of benzene rings is 1. The molecule has 9 heteroatoms. The Bertz CT molecular complexity index is 698. The Morgan fingerprint density at radius 1 is 1.29 bits per heavy atom. The lowest BCUT2D eigenvalue weighted by atomic mass is 10.2. The Labute approximate surface area is 127 Å². The lowest BCUT2D eigenvalue weighted by Crippen LogP contribution is -2.15. The van der Waals surface area contributed by atoms with E-state index in [9.17, 15) is 18.0 Å². The summed E-state index contributed by atoms with van der Waals surface area (Å²) in [6.45, 7) is 0. The van der Waals surface area contributed by atoms with Crippen molar-refractivity contribution in [3.63, 3.8) is 0 Å². The van der Waals surface area contributed by atoms with E-state index in [4.69, 9.17) is 23.2 Å². The third-order valence-electron chi connectivity index (χ3n) is 2.61. The van der Waals surface area contributed by atoms with Gasteiger partial charge < -0.3 is 5.32 Å². The smallest absolute Gasteiger partial charge is 0.305 e. The Morgan fingerprint density at radius 3 is 2.43 bits per heavy atom. The number of alkyl halides is 3. The highest BCUT2D eigenvalue weighted by molar-refractivity contribution is 6.36. The van der Waals surface area contributed by atoms with Crippen LogP contribution in [-0.4, -0.2) is 15.7 Å². The lowest BCUT2D eigenvalue weighted by molar-refractivity contribution is -0.141. The summed E-state index contributed by atoms with van der Waals surface area (Å²) in [5.74, 6) is -0.937. The monoisotopic (exact) mass is 337 g/mol. The third-order valence-corrected chi connectivity index (χ3v) is 3.30. The van der Waals surface area contributed by atoms with Crippen molar-refractivity contribution in [2.75, 3.05) is 5.32 Å². The fourth-order valence-electron chi connectivity index (χ4n) is 1.64. The van der Waals surface area contributed by atoms with Crippen LogP contribution in [0.4, 0.5) is 19.0 Å². The molecule has 0 saturated carbocycles. The van der Waals surface area contributed by atoms with Gasteiger partial charge in [0.2, 0.25) is 0 Å². The number of anilines is 1. The van der Waals surface area contributed by atoms with Crippen molar-refractivity contribution in [1.29, 1.82) is 0 Å². The summed E-state index contributed by atoms with van der Waals surface area (Å²) in [6.07, 6.45) is -4.71. The number of aromatic nitrogens is 2. The SMILES string of the molecule is Cn1nc(C(F)(F)F)c(Cl)c1NC(=O)c1ccccc1Cl. The van der Waals surface area contributed by atoms with E-state index in [-0.39, 0.29) is 16.4 Å². The molecule has 2 rings (SSSR count). The highest BCUT2D eigenvalue weighted by atomic mass is 35.5. The predicted octanol–water partition coefficient (Wildman–Crippen LogP) is 4.00. The molecule has 21 heavy (non-hydrogen) atoms. The average Bonchev–Trinajstić information content (AvgIpc) is 2.67. The van der Waals surface area contributed by atoms with Crippen molar-refractivity contribution >= 4 is 34.9 Å². The summed E-state index contributed by atoms with van der Waals surface area (Å²) in [5, 5.41) is 5.03. The summed E-state index contributed by atoms with van der Waals surface area (Å²) in [4.78, 5) is 12.0. The van der Waals surface area contributed by atoms with Gasteiger partial charge in [0.25, 0.3) is 5.91 Å². The largest absolute Gasteiger partial charge is 0.436 e. The molecule has 112 valence electrons. The minimum Gasteiger partial charge on any atom is -0.305 e. The normalized spacial score (nSPS) is 11.5. The number of amides is 1. The standard InChI is InChI=1S/C12H8Cl2F3N3O/c1-20-10(8(14)9(19-20)12(15,16)17)18-11(21)6-4-2-3-5-7(6)13/h2-5H,1H3,(H,18,21). The van der Waals surface area contributed by atoms with Gasteiger partial charge in [0.1, 0.15) is 5.02 Å². The van der Waals surface area contributed by atoms with E-state index in [1.54, 1.807) is 12.1 Å². The first-order chi connectivity index (χ1) is 9.71. The second-order valence-corrected chi connectivity index (χ2v) is 4.85. The maximum absolute atomic E-state index is 12.7. The molecule has 0 bridgehead atoms. The molecule has 0 spiro atoms. The van der Waals surface area contributed by atoms with Crippen LogP contribution in [0.5, 0.6) is 0 Å². The van der Waals surface area contributed by atoms with Gasteiger partial charge in [-0.25, -0.2) is 0 Å². The number of carbonyl (C=O) groups excluding carboxylic acids is 1. The number of aryl methyl sites for hydroxylation is 1. The molecule has 1 aromatic heterocycles. The van der Waals surface area contributed by atoms with Crippen molar-refractivity contribution in [3.05, 3.63) is 45.6 Å². The van der Waals surface area contributed by atoms with Crippen LogP contribution in [0.15, 0.2) is 24.3 Å². The number of hydrogen-bond acceptors (Lipinski definition) is 2. The zero-order valence-electron chi connectivity index (χ0n) is 10.5. The van der Waals surface area contributed by atoms with Crippen molar-refractivity contribution in [1.82, 2.24) is 9.78 Å². The molecule has 0 unspecified atom stereocenters. The predicted molar refractivity (Wildman–Crippen MR) is 72.6 cm³/mol. The molecule has 0 radical (unpaired) electrons. The third kappa shape index (κ3) is 3.14. The molecule has 0 atom stereocenters. The first kappa shape index (κ1) is 15.7. The van der Waals surface area contributed by atoms with E-state index in [1.807, 2.05) is 0 Å². The minimum absolute atomic E-state index is 0.116. The number of hydrogen-bond donors (Lipinski definition) is 1. The topological polar surface area (TPSA) is 46.9 Å². The maximum Gasteiger partial charge on any atom is 0.436 e.